The number of anilines is 1. The van der Waals surface area contributed by atoms with E-state index in [1.807, 2.05) is 6.07 Å². The van der Waals surface area contributed by atoms with E-state index in [1.54, 1.807) is 54.2 Å². The number of fused-ring (bicyclic) bond motifs is 2. The van der Waals surface area contributed by atoms with Gasteiger partial charge in [-0.1, -0.05) is 12.1 Å². The van der Waals surface area contributed by atoms with E-state index in [4.69, 9.17) is 18.6 Å². The first-order valence-corrected chi connectivity index (χ1v) is 13.7. The Bertz CT molecular complexity index is 1950. The molecule has 43 heavy (non-hydrogen) atoms. The maximum Gasteiger partial charge on any atom is 0.416 e. The molecule has 3 heterocycles. The Morgan fingerprint density at radius 1 is 1.07 bits per heavy atom. The van der Waals surface area contributed by atoms with Crippen LogP contribution in [0.3, 0.4) is 0 Å². The first-order chi connectivity index (χ1) is 20.6. The van der Waals surface area contributed by atoms with Crippen LogP contribution >= 0.6 is 11.3 Å². The molecular weight excluding hydrogens is 585 g/mol. The highest BCUT2D eigenvalue weighted by Crippen LogP contribution is 2.38. The second-order valence-electron chi connectivity index (χ2n) is 9.60. The zero-order valence-electron chi connectivity index (χ0n) is 23.0. The molecule has 0 fully saturated rings. The van der Waals surface area contributed by atoms with Gasteiger partial charge in [-0.15, -0.1) is 5.10 Å². The fourth-order valence-corrected chi connectivity index (χ4v) is 5.21. The van der Waals surface area contributed by atoms with E-state index < -0.39 is 17.6 Å². The molecule has 3 aromatic heterocycles. The highest BCUT2D eigenvalue weighted by atomic mass is 32.1. The van der Waals surface area contributed by atoms with Crippen LogP contribution in [0.25, 0.3) is 27.4 Å². The topological polar surface area (TPSA) is 100 Å². The molecule has 0 spiro atoms. The van der Waals surface area contributed by atoms with Crippen LogP contribution in [0.5, 0.6) is 16.7 Å². The number of nitrogens with one attached hydrogen (secondary N) is 1. The molecule has 13 heteroatoms. The lowest BCUT2D eigenvalue weighted by Gasteiger charge is -2.12. The Kier molecular flexibility index (Phi) is 7.18. The second-order valence-corrected chi connectivity index (χ2v) is 10.5. The van der Waals surface area contributed by atoms with Gasteiger partial charge in [-0.25, -0.2) is 9.50 Å². The molecule has 1 amide bonds. The maximum absolute atomic E-state index is 13.2. The number of benzene rings is 3. The fourth-order valence-electron chi connectivity index (χ4n) is 4.51. The average molecular weight is 609 g/mol. The van der Waals surface area contributed by atoms with Crippen LogP contribution in [0.15, 0.2) is 71.3 Å². The first kappa shape index (κ1) is 28.1. The SMILES string of the molecule is COc1cc(OCc2cccc(NC(=O)c3cc(C)cc(C(F)(F)F)c3)c2)c2cc(-c3cn4nc(OC)sc4n3)oc2c1. The summed E-state index contributed by atoms with van der Waals surface area (Å²) in [4.78, 5) is 18.0. The third kappa shape index (κ3) is 5.84. The summed E-state index contributed by atoms with van der Waals surface area (Å²) in [5.41, 5.74) is 1.61. The Morgan fingerprint density at radius 2 is 1.91 bits per heavy atom. The number of imidazole rings is 1. The summed E-state index contributed by atoms with van der Waals surface area (Å²) in [5.74, 6) is 0.886. The van der Waals surface area contributed by atoms with Crippen LogP contribution in [-0.2, 0) is 12.8 Å². The normalized spacial score (nSPS) is 11.7. The highest BCUT2D eigenvalue weighted by Gasteiger charge is 2.31. The number of hydrogen-bond acceptors (Lipinski definition) is 8. The van der Waals surface area contributed by atoms with Gasteiger partial charge in [0.05, 0.1) is 31.4 Å². The summed E-state index contributed by atoms with van der Waals surface area (Å²) >= 11 is 1.30. The monoisotopic (exact) mass is 608 g/mol. The lowest BCUT2D eigenvalue weighted by molar-refractivity contribution is -0.137. The van der Waals surface area contributed by atoms with Crippen LogP contribution in [0.2, 0.25) is 0 Å². The molecule has 1 N–H and O–H groups in total. The number of rotatable bonds is 8. The van der Waals surface area contributed by atoms with Gasteiger partial charge in [0.15, 0.2) is 5.76 Å². The molecule has 0 bridgehead atoms. The van der Waals surface area contributed by atoms with Gasteiger partial charge < -0.3 is 23.9 Å². The number of aromatic nitrogens is 3. The Labute approximate surface area is 246 Å². The van der Waals surface area contributed by atoms with Gasteiger partial charge in [0.1, 0.15) is 29.4 Å². The molecule has 220 valence electrons. The predicted molar refractivity (Wildman–Crippen MR) is 154 cm³/mol. The standard InChI is InChI=1S/C30H23F3N4O5S/c1-16-7-18(10-19(8-16)30(31,32)33)27(38)34-20-6-4-5-17(9-20)15-41-24-11-21(39-2)12-25-22(24)13-26(42-25)23-14-37-28(35-23)43-29(36-37)40-3/h4-14H,15H2,1-3H3,(H,34,38). The van der Waals surface area contributed by atoms with Crippen molar-refractivity contribution in [2.75, 3.05) is 19.5 Å². The largest absolute Gasteiger partial charge is 0.496 e. The summed E-state index contributed by atoms with van der Waals surface area (Å²) in [6.45, 7) is 1.63. The van der Waals surface area contributed by atoms with Gasteiger partial charge in [0, 0.05) is 23.4 Å². The number of hydrogen-bond donors (Lipinski definition) is 1. The smallest absolute Gasteiger partial charge is 0.416 e. The van der Waals surface area contributed by atoms with Gasteiger partial charge in [-0.2, -0.15) is 13.2 Å². The van der Waals surface area contributed by atoms with Crippen LogP contribution in [-0.4, -0.2) is 34.7 Å². The molecule has 3 aromatic carbocycles. The van der Waals surface area contributed by atoms with Crippen molar-refractivity contribution in [1.82, 2.24) is 14.6 Å². The van der Waals surface area contributed by atoms with E-state index in [1.165, 1.54) is 31.4 Å². The summed E-state index contributed by atoms with van der Waals surface area (Å²) in [6, 6.07) is 15.4. The predicted octanol–water partition coefficient (Wildman–Crippen LogP) is 7.38. The fraction of sp³-hybridized carbons (Fsp3) is 0.167. The van der Waals surface area contributed by atoms with Gasteiger partial charge >= 0.3 is 6.18 Å². The summed E-state index contributed by atoms with van der Waals surface area (Å²) in [7, 11) is 3.08. The number of halogens is 3. The third-order valence-electron chi connectivity index (χ3n) is 6.51. The minimum Gasteiger partial charge on any atom is -0.496 e. The van der Waals surface area contributed by atoms with Gasteiger partial charge in [0.25, 0.3) is 11.1 Å². The molecule has 0 aliphatic rings. The van der Waals surface area contributed by atoms with Crippen molar-refractivity contribution in [3.8, 4) is 28.1 Å². The van der Waals surface area contributed by atoms with Crippen molar-refractivity contribution in [2.45, 2.75) is 19.7 Å². The zero-order valence-corrected chi connectivity index (χ0v) is 23.8. The highest BCUT2D eigenvalue weighted by molar-refractivity contribution is 7.18. The minimum absolute atomic E-state index is 0.0870. The molecular formula is C30H23F3N4O5S. The molecule has 9 nitrogen and oxygen atoms in total. The van der Waals surface area contributed by atoms with Crippen molar-refractivity contribution >= 4 is 38.9 Å². The van der Waals surface area contributed by atoms with Crippen molar-refractivity contribution < 1.29 is 36.6 Å². The van der Waals surface area contributed by atoms with Gasteiger partial charge in [-0.3, -0.25) is 4.79 Å². The molecule has 0 saturated carbocycles. The minimum atomic E-state index is -4.56. The number of aryl methyl sites for hydroxylation is 1. The average Bonchev–Trinajstić information content (AvgIpc) is 3.68. The van der Waals surface area contributed by atoms with Gasteiger partial charge in [0.2, 0.25) is 4.96 Å². The Balaban J connectivity index is 1.22. The number of carbonyl (C=O) groups is 1. The van der Waals surface area contributed by atoms with E-state index in [0.29, 0.717) is 60.9 Å². The molecule has 0 unspecified atom stereocenters. The molecule has 6 rings (SSSR count). The third-order valence-corrected chi connectivity index (χ3v) is 7.39. The van der Waals surface area contributed by atoms with Crippen LogP contribution in [0.4, 0.5) is 18.9 Å². The molecule has 6 aromatic rings. The van der Waals surface area contributed by atoms with Crippen LogP contribution in [0, 0.1) is 6.92 Å². The number of methoxy groups -OCH3 is 2. The number of ether oxygens (including phenoxy) is 3. The maximum atomic E-state index is 13.2. The van der Waals surface area contributed by atoms with E-state index in [0.717, 1.165) is 12.1 Å². The van der Waals surface area contributed by atoms with E-state index >= 15 is 0 Å². The van der Waals surface area contributed by atoms with Crippen molar-refractivity contribution in [2.24, 2.45) is 0 Å². The quantitative estimate of drug-likeness (QED) is 0.192. The molecule has 0 aliphatic carbocycles. The summed E-state index contributed by atoms with van der Waals surface area (Å²) in [5, 5.41) is 8.15. The second kappa shape index (κ2) is 11.0. The molecule has 0 atom stereocenters. The van der Waals surface area contributed by atoms with Crippen molar-refractivity contribution in [3.05, 3.63) is 89.1 Å². The zero-order chi connectivity index (χ0) is 30.3. The molecule has 0 aliphatic heterocycles. The van der Waals surface area contributed by atoms with E-state index in [9.17, 15) is 18.0 Å². The first-order valence-electron chi connectivity index (χ1n) is 12.8. The Morgan fingerprint density at radius 3 is 2.65 bits per heavy atom. The number of nitrogens with zero attached hydrogens (tertiary/aromatic N) is 3. The number of furan rings is 1. The van der Waals surface area contributed by atoms with Crippen LogP contribution in [0.1, 0.15) is 27.0 Å². The number of alkyl halides is 3. The molecule has 0 saturated heterocycles. The van der Waals surface area contributed by atoms with E-state index in [-0.39, 0.29) is 12.2 Å². The number of carbonyl (C=O) groups excluding carboxylic acids is 1. The van der Waals surface area contributed by atoms with E-state index in [2.05, 4.69) is 15.4 Å². The van der Waals surface area contributed by atoms with Crippen molar-refractivity contribution in [3.63, 3.8) is 0 Å². The van der Waals surface area contributed by atoms with Gasteiger partial charge in [-0.05, 0) is 65.8 Å². The summed E-state index contributed by atoms with van der Waals surface area (Å²) in [6.07, 6.45) is -2.82. The summed E-state index contributed by atoms with van der Waals surface area (Å²) < 4.78 is 64.1. The van der Waals surface area contributed by atoms with Crippen LogP contribution < -0.4 is 19.5 Å². The lowest BCUT2D eigenvalue weighted by Crippen LogP contribution is -2.14. The molecule has 0 radical (unpaired) electrons. The Hall–Kier alpha value is -5.04. The number of amides is 1. The van der Waals surface area contributed by atoms with Crippen molar-refractivity contribution in [1.29, 1.82) is 0 Å². The lowest BCUT2D eigenvalue weighted by atomic mass is 10.1.